The Hall–Kier alpha value is -2.66. The number of sulfone groups is 1. The van der Waals surface area contributed by atoms with Crippen molar-refractivity contribution in [2.45, 2.75) is 13.8 Å². The van der Waals surface area contributed by atoms with E-state index in [2.05, 4.69) is 9.39 Å². The number of nitrogens with one attached hydrogen (secondary N) is 1. The smallest absolute Gasteiger partial charge is 0.283 e. The summed E-state index contributed by atoms with van der Waals surface area (Å²) in [7, 11) is -0.739. The third kappa shape index (κ3) is 4.06. The highest BCUT2D eigenvalue weighted by atomic mass is 32.2. The molecule has 2 aliphatic rings. The largest absolute Gasteiger partial charge is 0.493 e. The van der Waals surface area contributed by atoms with Crippen molar-refractivity contribution >= 4 is 49.9 Å². The molecule has 11 heteroatoms. The number of ether oxygens (including phenoxy) is 2. The van der Waals surface area contributed by atoms with E-state index in [1.165, 1.54) is 20.3 Å². The fourth-order valence-electron chi connectivity index (χ4n) is 2.82. The van der Waals surface area contributed by atoms with Crippen molar-refractivity contribution in [2.75, 3.05) is 20.0 Å². The van der Waals surface area contributed by atoms with Crippen LogP contribution in [0.4, 0.5) is 0 Å². The number of carbonyl (C=O) groups is 1. The van der Waals surface area contributed by atoms with Crippen molar-refractivity contribution in [3.63, 3.8) is 0 Å². The second-order valence-corrected chi connectivity index (χ2v) is 9.35. The van der Waals surface area contributed by atoms with Gasteiger partial charge in [0, 0.05) is 0 Å². The molecule has 1 aromatic carbocycles. The average molecular weight is 437 g/mol. The SMILES string of the molecule is COc1ccc(/C=C2/C(=N)N3C(=NC2=O)SN=C3S(=O)(=O)CC(C)C)cc1OC. The number of methoxy groups -OCH3 is 2. The molecule has 0 radical (unpaired) electrons. The summed E-state index contributed by atoms with van der Waals surface area (Å²) in [5, 5.41) is 8.25. The van der Waals surface area contributed by atoms with Crippen LogP contribution in [0.1, 0.15) is 19.4 Å². The number of nitrogens with zero attached hydrogens (tertiary/aromatic N) is 3. The Balaban J connectivity index is 2.00. The van der Waals surface area contributed by atoms with Crippen LogP contribution in [0.2, 0.25) is 0 Å². The number of benzene rings is 1. The summed E-state index contributed by atoms with van der Waals surface area (Å²) >= 11 is 0.775. The van der Waals surface area contributed by atoms with Crippen LogP contribution in [-0.2, 0) is 14.6 Å². The molecular formula is C18H20N4O5S2. The number of aliphatic imine (C=N–C) groups is 1. The van der Waals surface area contributed by atoms with Gasteiger partial charge in [-0.25, -0.2) is 13.3 Å². The molecule has 29 heavy (non-hydrogen) atoms. The number of carbonyl (C=O) groups excluding carboxylic acids is 1. The lowest BCUT2D eigenvalue weighted by Gasteiger charge is -2.24. The molecule has 154 valence electrons. The molecule has 3 rings (SSSR count). The fourth-order valence-corrected chi connectivity index (χ4v) is 5.55. The molecule has 2 heterocycles. The van der Waals surface area contributed by atoms with Gasteiger partial charge in [-0.3, -0.25) is 10.2 Å². The molecule has 9 nitrogen and oxygen atoms in total. The number of hydrogen-bond donors (Lipinski definition) is 1. The zero-order chi connectivity index (χ0) is 21.3. The molecule has 1 amide bonds. The van der Waals surface area contributed by atoms with Crippen molar-refractivity contribution in [3.8, 4) is 11.5 Å². The molecule has 1 N–H and O–H groups in total. The third-order valence-corrected chi connectivity index (χ3v) is 6.80. The molecule has 0 saturated heterocycles. The number of rotatable bonds is 5. The molecule has 0 saturated carbocycles. The first-order valence-corrected chi connectivity index (χ1v) is 11.0. The minimum absolute atomic E-state index is 0.0454. The molecule has 0 spiro atoms. The van der Waals surface area contributed by atoms with E-state index < -0.39 is 15.7 Å². The molecule has 1 aromatic rings. The highest BCUT2D eigenvalue weighted by Crippen LogP contribution is 2.32. The Morgan fingerprint density at radius 3 is 2.55 bits per heavy atom. The lowest BCUT2D eigenvalue weighted by atomic mass is 10.1. The van der Waals surface area contributed by atoms with E-state index >= 15 is 0 Å². The van der Waals surface area contributed by atoms with Gasteiger partial charge in [0.1, 0.15) is 5.84 Å². The minimum Gasteiger partial charge on any atom is -0.493 e. The van der Waals surface area contributed by atoms with Crippen LogP contribution < -0.4 is 9.47 Å². The van der Waals surface area contributed by atoms with E-state index in [0.29, 0.717) is 17.1 Å². The summed E-state index contributed by atoms with van der Waals surface area (Å²) in [6.07, 6.45) is 1.46. The number of amides is 1. The van der Waals surface area contributed by atoms with Crippen molar-refractivity contribution < 1.29 is 22.7 Å². The monoisotopic (exact) mass is 436 g/mol. The van der Waals surface area contributed by atoms with Crippen LogP contribution >= 0.6 is 11.9 Å². The lowest BCUT2D eigenvalue weighted by Crippen LogP contribution is -2.46. The van der Waals surface area contributed by atoms with Gasteiger partial charge in [0.05, 0.1) is 37.5 Å². The summed E-state index contributed by atoms with van der Waals surface area (Å²) in [5.74, 6) is -0.181. The first-order valence-electron chi connectivity index (χ1n) is 8.61. The zero-order valence-electron chi connectivity index (χ0n) is 16.3. The van der Waals surface area contributed by atoms with Crippen LogP contribution in [0.5, 0.6) is 11.5 Å². The van der Waals surface area contributed by atoms with Gasteiger partial charge in [-0.1, -0.05) is 19.9 Å². The first kappa shape index (κ1) is 21.1. The summed E-state index contributed by atoms with van der Waals surface area (Å²) in [6.45, 7) is 3.56. The number of amidine groups is 3. The molecule has 2 aliphatic heterocycles. The van der Waals surface area contributed by atoms with Crippen molar-refractivity contribution in [2.24, 2.45) is 15.3 Å². The summed E-state index contributed by atoms with van der Waals surface area (Å²) in [5.41, 5.74) is 0.528. The summed E-state index contributed by atoms with van der Waals surface area (Å²) in [4.78, 5) is 17.5. The maximum Gasteiger partial charge on any atom is 0.283 e. The second kappa shape index (κ2) is 7.99. The molecule has 0 aliphatic carbocycles. The number of fused-ring (bicyclic) bond motifs is 1. The average Bonchev–Trinajstić information content (AvgIpc) is 3.08. The highest BCUT2D eigenvalue weighted by molar-refractivity contribution is 8.16. The van der Waals surface area contributed by atoms with Gasteiger partial charge >= 0.3 is 0 Å². The predicted molar refractivity (Wildman–Crippen MR) is 113 cm³/mol. The first-order chi connectivity index (χ1) is 13.7. The van der Waals surface area contributed by atoms with Gasteiger partial charge in [-0.05, 0) is 29.7 Å². The van der Waals surface area contributed by atoms with E-state index in [4.69, 9.17) is 14.9 Å². The third-order valence-electron chi connectivity index (χ3n) is 4.04. The predicted octanol–water partition coefficient (Wildman–Crippen LogP) is 2.35. The zero-order valence-corrected chi connectivity index (χ0v) is 17.9. The van der Waals surface area contributed by atoms with E-state index in [0.717, 1.165) is 16.8 Å². The fraction of sp³-hybridized carbons (Fsp3) is 0.333. The lowest BCUT2D eigenvalue weighted by molar-refractivity contribution is -0.114. The Bertz CT molecular complexity index is 1070. The summed E-state index contributed by atoms with van der Waals surface area (Å²) in [6, 6.07) is 5.01. The van der Waals surface area contributed by atoms with E-state index in [1.54, 1.807) is 32.0 Å². The van der Waals surface area contributed by atoms with Crippen molar-refractivity contribution in [1.82, 2.24) is 4.90 Å². The quantitative estimate of drug-likeness (QED) is 0.555. The molecular weight excluding hydrogens is 416 g/mol. The van der Waals surface area contributed by atoms with Crippen molar-refractivity contribution in [1.29, 1.82) is 5.41 Å². The second-order valence-electron chi connectivity index (χ2n) is 6.70. The maximum atomic E-state index is 12.7. The topological polar surface area (TPSA) is 121 Å². The molecule has 0 atom stereocenters. The van der Waals surface area contributed by atoms with Gasteiger partial charge in [0.25, 0.3) is 5.91 Å². The Labute approximate surface area is 173 Å². The van der Waals surface area contributed by atoms with E-state index in [-0.39, 0.29) is 33.4 Å². The van der Waals surface area contributed by atoms with Gasteiger partial charge in [-0.2, -0.15) is 9.39 Å². The van der Waals surface area contributed by atoms with Crippen LogP contribution in [0.25, 0.3) is 6.08 Å². The maximum absolute atomic E-state index is 12.7. The Kier molecular flexibility index (Phi) is 5.80. The Morgan fingerprint density at radius 1 is 1.24 bits per heavy atom. The molecule has 0 fully saturated rings. The van der Waals surface area contributed by atoms with Crippen LogP contribution in [0.3, 0.4) is 0 Å². The summed E-state index contributed by atoms with van der Waals surface area (Å²) < 4.78 is 39.8. The van der Waals surface area contributed by atoms with Crippen molar-refractivity contribution in [3.05, 3.63) is 29.3 Å². The van der Waals surface area contributed by atoms with E-state index in [9.17, 15) is 13.2 Å². The molecule has 0 aromatic heterocycles. The standard InChI is InChI=1S/C18H20N4O5S2/c1-10(2)9-29(24,25)18-21-28-17-20-16(23)12(15(19)22(17)18)7-11-5-6-13(26-3)14(8-11)27-4/h5-8,10,19H,9H2,1-4H3/b12-7-,19-15?. The molecule has 0 bridgehead atoms. The van der Waals surface area contributed by atoms with Crippen LogP contribution in [0, 0.1) is 11.3 Å². The van der Waals surface area contributed by atoms with Gasteiger partial charge < -0.3 is 9.47 Å². The highest BCUT2D eigenvalue weighted by Gasteiger charge is 2.42. The van der Waals surface area contributed by atoms with Crippen LogP contribution in [-0.4, -0.2) is 55.4 Å². The minimum atomic E-state index is -3.74. The number of hydrogen-bond acceptors (Lipinski definition) is 8. The van der Waals surface area contributed by atoms with Gasteiger partial charge in [0.15, 0.2) is 11.5 Å². The van der Waals surface area contributed by atoms with Crippen LogP contribution in [0.15, 0.2) is 33.2 Å². The normalized spacial score (nSPS) is 18.1. The van der Waals surface area contributed by atoms with E-state index in [1.807, 2.05) is 0 Å². The molecule has 0 unspecified atom stereocenters. The van der Waals surface area contributed by atoms with Gasteiger partial charge in [-0.15, -0.1) is 0 Å². The Morgan fingerprint density at radius 2 is 1.93 bits per heavy atom. The van der Waals surface area contributed by atoms with Gasteiger partial charge in [0.2, 0.25) is 20.2 Å².